The highest BCUT2D eigenvalue weighted by Crippen LogP contribution is 2.11. The first kappa shape index (κ1) is 20.6. The van der Waals surface area contributed by atoms with E-state index in [1.807, 2.05) is 12.1 Å². The number of carbonyl (C=O) groups excluding carboxylic acids is 2. The molecule has 3 N–H and O–H groups in total. The smallest absolute Gasteiger partial charge is 0.251 e. The Hall–Kier alpha value is -1.67. The number of morpholine rings is 1. The molecule has 0 bridgehead atoms. The maximum absolute atomic E-state index is 12.3. The van der Waals surface area contributed by atoms with Gasteiger partial charge < -0.3 is 25.4 Å². The summed E-state index contributed by atoms with van der Waals surface area (Å²) in [6.07, 6.45) is 2.17. The van der Waals surface area contributed by atoms with Crippen molar-refractivity contribution in [2.24, 2.45) is 0 Å². The van der Waals surface area contributed by atoms with Crippen molar-refractivity contribution in [2.75, 3.05) is 32.9 Å². The van der Waals surface area contributed by atoms with Crippen molar-refractivity contribution in [3.8, 4) is 0 Å². The molecule has 0 saturated carbocycles. The zero-order valence-electron chi connectivity index (χ0n) is 14.7. The van der Waals surface area contributed by atoms with Crippen LogP contribution >= 0.6 is 12.4 Å². The van der Waals surface area contributed by atoms with E-state index in [1.165, 1.54) is 0 Å². The summed E-state index contributed by atoms with van der Waals surface area (Å²) in [4.78, 5) is 24.4. The fourth-order valence-electron chi connectivity index (χ4n) is 2.98. The Morgan fingerprint density at radius 1 is 1.23 bits per heavy atom. The lowest BCUT2D eigenvalue weighted by Gasteiger charge is -2.22. The van der Waals surface area contributed by atoms with E-state index in [-0.39, 0.29) is 36.4 Å². The van der Waals surface area contributed by atoms with Gasteiger partial charge in [0.25, 0.3) is 5.91 Å². The van der Waals surface area contributed by atoms with Gasteiger partial charge in [-0.25, -0.2) is 0 Å². The van der Waals surface area contributed by atoms with Gasteiger partial charge in [0, 0.05) is 31.8 Å². The second-order valence-electron chi connectivity index (χ2n) is 6.34. The number of halogens is 1. The van der Waals surface area contributed by atoms with E-state index >= 15 is 0 Å². The topological polar surface area (TPSA) is 88.7 Å². The number of benzene rings is 1. The molecule has 0 radical (unpaired) electrons. The lowest BCUT2D eigenvalue weighted by atomic mass is 10.1. The molecule has 2 aliphatic rings. The van der Waals surface area contributed by atoms with Gasteiger partial charge in [-0.1, -0.05) is 12.1 Å². The van der Waals surface area contributed by atoms with E-state index < -0.39 is 0 Å². The normalized spacial score (nSPS) is 22.3. The van der Waals surface area contributed by atoms with Crippen LogP contribution in [0.5, 0.6) is 0 Å². The van der Waals surface area contributed by atoms with Gasteiger partial charge >= 0.3 is 0 Å². The molecule has 2 atom stereocenters. The molecular weight excluding hydrogens is 358 g/mol. The molecule has 2 amide bonds. The minimum atomic E-state index is -0.313. The predicted molar refractivity (Wildman–Crippen MR) is 99.5 cm³/mol. The quantitative estimate of drug-likeness (QED) is 0.670. The highest BCUT2D eigenvalue weighted by Gasteiger charge is 2.21. The minimum Gasteiger partial charge on any atom is -0.378 e. The molecule has 26 heavy (non-hydrogen) atoms. The molecule has 144 valence electrons. The first-order chi connectivity index (χ1) is 12.2. The summed E-state index contributed by atoms with van der Waals surface area (Å²) in [5.74, 6) is -0.209. The van der Waals surface area contributed by atoms with E-state index in [0.717, 1.165) is 25.0 Å². The molecule has 2 saturated heterocycles. The lowest BCUT2D eigenvalue weighted by Crippen LogP contribution is -2.51. The molecule has 0 spiro atoms. The summed E-state index contributed by atoms with van der Waals surface area (Å²) < 4.78 is 10.8. The lowest BCUT2D eigenvalue weighted by molar-refractivity contribution is -0.126. The second kappa shape index (κ2) is 10.5. The van der Waals surface area contributed by atoms with E-state index in [9.17, 15) is 9.59 Å². The van der Waals surface area contributed by atoms with Crippen LogP contribution in [0.25, 0.3) is 0 Å². The minimum absolute atomic E-state index is 0. The van der Waals surface area contributed by atoms with Crippen LogP contribution in [0, 0.1) is 0 Å². The fourth-order valence-corrected chi connectivity index (χ4v) is 2.98. The van der Waals surface area contributed by atoms with Crippen LogP contribution in [-0.4, -0.2) is 56.9 Å². The number of nitrogens with one attached hydrogen (secondary N) is 3. The number of amides is 2. The van der Waals surface area contributed by atoms with E-state index in [2.05, 4.69) is 16.0 Å². The summed E-state index contributed by atoms with van der Waals surface area (Å²) in [5.41, 5.74) is 1.47. The van der Waals surface area contributed by atoms with Gasteiger partial charge in [0.2, 0.25) is 5.91 Å². The third-order valence-corrected chi connectivity index (χ3v) is 4.41. The third-order valence-electron chi connectivity index (χ3n) is 4.41. The van der Waals surface area contributed by atoms with Crippen molar-refractivity contribution in [3.63, 3.8) is 0 Å². The van der Waals surface area contributed by atoms with Crippen LogP contribution in [0.4, 0.5) is 0 Å². The molecule has 1 aromatic rings. The predicted octanol–water partition coefficient (Wildman–Crippen LogP) is 0.622. The second-order valence-corrected chi connectivity index (χ2v) is 6.34. The largest absolute Gasteiger partial charge is 0.378 e. The monoisotopic (exact) mass is 383 g/mol. The highest BCUT2D eigenvalue weighted by atomic mass is 35.5. The van der Waals surface area contributed by atoms with Crippen LogP contribution in [-0.2, 0) is 20.8 Å². The van der Waals surface area contributed by atoms with Crippen LogP contribution in [0.1, 0.15) is 28.8 Å². The molecule has 7 nitrogen and oxygen atoms in total. The highest BCUT2D eigenvalue weighted by molar-refractivity contribution is 5.94. The van der Waals surface area contributed by atoms with Crippen molar-refractivity contribution in [2.45, 2.75) is 31.5 Å². The average molecular weight is 384 g/mol. The third kappa shape index (κ3) is 5.95. The number of hydrogen-bond donors (Lipinski definition) is 3. The van der Waals surface area contributed by atoms with Gasteiger partial charge in [0.15, 0.2) is 0 Å². The average Bonchev–Trinajstić information content (AvgIpc) is 3.19. The summed E-state index contributed by atoms with van der Waals surface area (Å²) in [5, 5.41) is 8.90. The van der Waals surface area contributed by atoms with E-state index in [0.29, 0.717) is 38.4 Å². The first-order valence-electron chi connectivity index (χ1n) is 8.80. The molecule has 2 unspecified atom stereocenters. The van der Waals surface area contributed by atoms with Gasteiger partial charge in [-0.15, -0.1) is 12.4 Å². The molecule has 0 aliphatic carbocycles. The molecule has 1 aromatic carbocycles. The Labute approximate surface area is 159 Å². The number of rotatable bonds is 6. The van der Waals surface area contributed by atoms with Gasteiger partial charge in [-0.2, -0.15) is 0 Å². The van der Waals surface area contributed by atoms with Crippen LogP contribution in [0.2, 0.25) is 0 Å². The Morgan fingerprint density at radius 3 is 2.85 bits per heavy atom. The van der Waals surface area contributed by atoms with Gasteiger partial charge in [0.05, 0.1) is 19.3 Å². The summed E-state index contributed by atoms with van der Waals surface area (Å²) in [6, 6.07) is 6.97. The van der Waals surface area contributed by atoms with Crippen molar-refractivity contribution < 1.29 is 19.1 Å². The van der Waals surface area contributed by atoms with Crippen molar-refractivity contribution in [3.05, 3.63) is 35.4 Å². The maximum atomic E-state index is 12.3. The number of ether oxygens (including phenoxy) is 2. The molecule has 2 fully saturated rings. The van der Waals surface area contributed by atoms with Crippen molar-refractivity contribution in [1.29, 1.82) is 0 Å². The first-order valence-corrected chi connectivity index (χ1v) is 8.80. The Bertz CT molecular complexity index is 602. The summed E-state index contributed by atoms with van der Waals surface area (Å²) in [6.45, 7) is 3.39. The standard InChI is InChI=1S/C18H25N3O4.ClH/c22-17(21-11-15-5-2-7-25-15)14-4-1-3-13(9-14)10-20-18(23)16-12-24-8-6-19-16;/h1,3-4,9,15-16,19H,2,5-8,10-12H2,(H,20,23)(H,21,22);1H. The Kier molecular flexibility index (Phi) is 8.31. The zero-order chi connectivity index (χ0) is 17.5. The van der Waals surface area contributed by atoms with Crippen molar-refractivity contribution in [1.82, 2.24) is 16.0 Å². The molecule has 0 aromatic heterocycles. The molecular formula is C18H26ClN3O4. The zero-order valence-corrected chi connectivity index (χ0v) is 15.5. The van der Waals surface area contributed by atoms with Crippen LogP contribution < -0.4 is 16.0 Å². The molecule has 2 heterocycles. The Balaban J connectivity index is 0.00000243. The SMILES string of the molecule is Cl.O=C(NCC1CCCO1)c1cccc(CNC(=O)C2COCCN2)c1. The van der Waals surface area contributed by atoms with Gasteiger partial charge in [0.1, 0.15) is 6.04 Å². The molecule has 8 heteroatoms. The van der Waals surface area contributed by atoms with Crippen LogP contribution in [0.3, 0.4) is 0 Å². The number of hydrogen-bond acceptors (Lipinski definition) is 5. The van der Waals surface area contributed by atoms with Gasteiger partial charge in [-0.3, -0.25) is 9.59 Å². The van der Waals surface area contributed by atoms with Gasteiger partial charge in [-0.05, 0) is 30.5 Å². The summed E-state index contributed by atoms with van der Waals surface area (Å²) in [7, 11) is 0. The van der Waals surface area contributed by atoms with Crippen LogP contribution in [0.15, 0.2) is 24.3 Å². The molecule has 3 rings (SSSR count). The van der Waals surface area contributed by atoms with E-state index in [1.54, 1.807) is 12.1 Å². The summed E-state index contributed by atoms with van der Waals surface area (Å²) >= 11 is 0. The maximum Gasteiger partial charge on any atom is 0.251 e. The molecule has 2 aliphatic heterocycles. The Morgan fingerprint density at radius 2 is 2.12 bits per heavy atom. The van der Waals surface area contributed by atoms with Crippen molar-refractivity contribution >= 4 is 24.2 Å². The fraction of sp³-hybridized carbons (Fsp3) is 0.556. The number of carbonyl (C=O) groups is 2. The van der Waals surface area contributed by atoms with E-state index in [4.69, 9.17) is 9.47 Å².